The molecule has 0 radical (unpaired) electrons. The number of amides is 1. The first kappa shape index (κ1) is 19.8. The van der Waals surface area contributed by atoms with E-state index in [0.717, 1.165) is 35.5 Å². The molecule has 152 valence electrons. The molecule has 1 aromatic heterocycles. The van der Waals surface area contributed by atoms with Gasteiger partial charge in [-0.25, -0.2) is 4.98 Å². The van der Waals surface area contributed by atoms with Crippen LogP contribution >= 0.6 is 11.3 Å². The minimum atomic E-state index is -0.378. The van der Waals surface area contributed by atoms with E-state index < -0.39 is 0 Å². The van der Waals surface area contributed by atoms with Gasteiger partial charge in [0.1, 0.15) is 5.78 Å². The highest BCUT2D eigenvalue weighted by atomic mass is 32.1. The molecule has 2 aromatic rings. The Morgan fingerprint density at radius 1 is 1.24 bits per heavy atom. The number of nitrogens with zero attached hydrogens (tertiary/aromatic N) is 1. The summed E-state index contributed by atoms with van der Waals surface area (Å²) in [6.07, 6.45) is 3.92. The zero-order valence-electron chi connectivity index (χ0n) is 16.3. The van der Waals surface area contributed by atoms with Crippen molar-refractivity contribution in [3.63, 3.8) is 0 Å². The third-order valence-corrected chi connectivity index (χ3v) is 6.56. The summed E-state index contributed by atoms with van der Waals surface area (Å²) in [6.45, 7) is 1.63. The number of carbonyl (C=O) groups is 3. The molecule has 0 aliphatic heterocycles. The van der Waals surface area contributed by atoms with Crippen LogP contribution in [-0.4, -0.2) is 29.3 Å². The summed E-state index contributed by atoms with van der Waals surface area (Å²) >= 11 is 1.57. The number of hydrogen-bond donors (Lipinski definition) is 1. The van der Waals surface area contributed by atoms with Gasteiger partial charge in [0.15, 0.2) is 6.61 Å². The first-order chi connectivity index (χ1) is 14.0. The number of anilines is 1. The van der Waals surface area contributed by atoms with Crippen molar-refractivity contribution in [2.45, 2.75) is 39.0 Å². The standard InChI is InChI=1S/C22H24N2O4S/c1-13-23-19(12-29-13)14-4-3-7-18(10-14)24-20(25)11-28-22(27)17-8-15-5-2-6-16(9-17)21(15)26/h3-4,7,10,12,15-17H,2,5-6,8-9,11H2,1H3,(H,24,25). The van der Waals surface area contributed by atoms with Crippen molar-refractivity contribution in [2.75, 3.05) is 11.9 Å². The lowest BCUT2D eigenvalue weighted by Crippen LogP contribution is -2.40. The molecule has 2 aliphatic rings. The molecule has 1 N–H and O–H groups in total. The molecule has 0 saturated heterocycles. The Bertz CT molecular complexity index is 922. The lowest BCUT2D eigenvalue weighted by Gasteiger charge is -2.36. The van der Waals surface area contributed by atoms with Crippen molar-refractivity contribution in [3.05, 3.63) is 34.7 Å². The summed E-state index contributed by atoms with van der Waals surface area (Å²) in [7, 11) is 0. The van der Waals surface area contributed by atoms with E-state index in [1.54, 1.807) is 17.4 Å². The summed E-state index contributed by atoms with van der Waals surface area (Å²) in [6, 6.07) is 7.42. The van der Waals surface area contributed by atoms with Crippen molar-refractivity contribution >= 4 is 34.7 Å². The zero-order valence-corrected chi connectivity index (χ0v) is 17.2. The Balaban J connectivity index is 1.30. The Kier molecular flexibility index (Phi) is 5.76. The lowest BCUT2D eigenvalue weighted by atomic mass is 9.67. The molecule has 1 aromatic carbocycles. The predicted molar refractivity (Wildman–Crippen MR) is 110 cm³/mol. The normalized spacial score (nSPS) is 23.5. The largest absolute Gasteiger partial charge is 0.455 e. The number of aromatic nitrogens is 1. The summed E-state index contributed by atoms with van der Waals surface area (Å²) in [5.74, 6) is -0.717. The second-order valence-corrected chi connectivity index (χ2v) is 8.95. The molecule has 2 unspecified atom stereocenters. The average Bonchev–Trinajstić information content (AvgIpc) is 3.12. The molecule has 2 atom stereocenters. The van der Waals surface area contributed by atoms with Crippen LogP contribution in [0.2, 0.25) is 0 Å². The van der Waals surface area contributed by atoms with Gasteiger partial charge in [0, 0.05) is 28.5 Å². The number of Topliss-reactive ketones (excluding diaryl/α,β-unsaturated/α-hetero) is 1. The molecule has 0 spiro atoms. The maximum absolute atomic E-state index is 12.4. The number of aryl methyl sites for hydroxylation is 1. The van der Waals surface area contributed by atoms with Gasteiger partial charge in [0.2, 0.25) is 0 Å². The average molecular weight is 413 g/mol. The highest BCUT2D eigenvalue weighted by molar-refractivity contribution is 7.09. The Morgan fingerprint density at radius 2 is 2.00 bits per heavy atom. The van der Waals surface area contributed by atoms with Gasteiger partial charge in [-0.15, -0.1) is 11.3 Å². The predicted octanol–water partition coefficient (Wildman–Crippen LogP) is 4.00. The van der Waals surface area contributed by atoms with E-state index in [0.29, 0.717) is 24.3 Å². The molecule has 2 bridgehead atoms. The van der Waals surface area contributed by atoms with E-state index in [9.17, 15) is 14.4 Å². The van der Waals surface area contributed by atoms with Crippen molar-refractivity contribution in [2.24, 2.45) is 17.8 Å². The van der Waals surface area contributed by atoms with Crippen LogP contribution in [0.25, 0.3) is 11.3 Å². The fourth-order valence-corrected chi connectivity index (χ4v) is 5.00. The number of benzene rings is 1. The van der Waals surface area contributed by atoms with E-state index in [1.165, 1.54) is 0 Å². The van der Waals surface area contributed by atoms with Crippen LogP contribution in [0.5, 0.6) is 0 Å². The molecule has 29 heavy (non-hydrogen) atoms. The molecule has 1 amide bonds. The molecule has 7 heteroatoms. The molecule has 4 rings (SSSR count). The summed E-state index contributed by atoms with van der Waals surface area (Å²) in [4.78, 5) is 41.3. The highest BCUT2D eigenvalue weighted by Crippen LogP contribution is 2.40. The second kappa shape index (κ2) is 8.45. The number of fused-ring (bicyclic) bond motifs is 2. The fraction of sp³-hybridized carbons (Fsp3) is 0.455. The number of carbonyl (C=O) groups excluding carboxylic acids is 3. The van der Waals surface area contributed by atoms with Gasteiger partial charge < -0.3 is 10.1 Å². The molecule has 2 saturated carbocycles. The maximum Gasteiger partial charge on any atom is 0.309 e. The number of thiazole rings is 1. The van der Waals surface area contributed by atoms with Crippen LogP contribution in [0, 0.1) is 24.7 Å². The van der Waals surface area contributed by atoms with Crippen LogP contribution in [0.4, 0.5) is 5.69 Å². The third-order valence-electron chi connectivity index (χ3n) is 5.79. The lowest BCUT2D eigenvalue weighted by molar-refractivity contribution is -0.155. The van der Waals surface area contributed by atoms with Gasteiger partial charge in [-0.3, -0.25) is 14.4 Å². The van der Waals surface area contributed by atoms with Gasteiger partial charge in [-0.05, 0) is 44.7 Å². The smallest absolute Gasteiger partial charge is 0.309 e. The van der Waals surface area contributed by atoms with E-state index >= 15 is 0 Å². The minimum absolute atomic E-state index is 0.00836. The number of nitrogens with one attached hydrogen (secondary N) is 1. The third kappa shape index (κ3) is 4.56. The Morgan fingerprint density at radius 3 is 2.69 bits per heavy atom. The molecular weight excluding hydrogens is 388 g/mol. The molecule has 2 fully saturated rings. The van der Waals surface area contributed by atoms with Crippen LogP contribution in [0.1, 0.15) is 37.1 Å². The van der Waals surface area contributed by atoms with Crippen molar-refractivity contribution in [1.29, 1.82) is 0 Å². The fourth-order valence-electron chi connectivity index (χ4n) is 4.38. The van der Waals surface area contributed by atoms with Crippen LogP contribution in [0.15, 0.2) is 29.6 Å². The van der Waals surface area contributed by atoms with Crippen molar-refractivity contribution in [3.8, 4) is 11.3 Å². The monoisotopic (exact) mass is 412 g/mol. The van der Waals surface area contributed by atoms with E-state index in [1.807, 2.05) is 30.5 Å². The Labute approximate surface area is 173 Å². The summed E-state index contributed by atoms with van der Waals surface area (Å²) in [5, 5.41) is 5.73. The van der Waals surface area contributed by atoms with Gasteiger partial charge in [-0.1, -0.05) is 18.6 Å². The van der Waals surface area contributed by atoms with Crippen molar-refractivity contribution in [1.82, 2.24) is 4.98 Å². The first-order valence-corrected chi connectivity index (χ1v) is 10.9. The Hall–Kier alpha value is -2.54. The highest BCUT2D eigenvalue weighted by Gasteiger charge is 2.41. The van der Waals surface area contributed by atoms with Crippen LogP contribution < -0.4 is 5.32 Å². The quantitative estimate of drug-likeness (QED) is 0.751. The molecule has 6 nitrogen and oxygen atoms in total. The van der Waals surface area contributed by atoms with Gasteiger partial charge in [-0.2, -0.15) is 0 Å². The molecule has 2 aliphatic carbocycles. The summed E-state index contributed by atoms with van der Waals surface area (Å²) in [5.41, 5.74) is 2.42. The maximum atomic E-state index is 12.4. The zero-order chi connectivity index (χ0) is 20.4. The van der Waals surface area contributed by atoms with Crippen LogP contribution in [0.3, 0.4) is 0 Å². The number of esters is 1. The number of rotatable bonds is 5. The van der Waals surface area contributed by atoms with Crippen molar-refractivity contribution < 1.29 is 19.1 Å². The minimum Gasteiger partial charge on any atom is -0.455 e. The molecular formula is C22H24N2O4S. The van der Waals surface area contributed by atoms with E-state index in [2.05, 4.69) is 10.3 Å². The van der Waals surface area contributed by atoms with Gasteiger partial charge in [0.05, 0.1) is 16.6 Å². The summed E-state index contributed by atoms with van der Waals surface area (Å²) < 4.78 is 5.26. The first-order valence-electron chi connectivity index (χ1n) is 10.0. The van der Waals surface area contributed by atoms with Gasteiger partial charge >= 0.3 is 5.97 Å². The topological polar surface area (TPSA) is 85.4 Å². The molecule has 1 heterocycles. The number of ketones is 1. The van der Waals surface area contributed by atoms with Gasteiger partial charge in [0.25, 0.3) is 5.91 Å². The number of ether oxygens (including phenoxy) is 1. The van der Waals surface area contributed by atoms with E-state index in [-0.39, 0.29) is 36.2 Å². The van der Waals surface area contributed by atoms with Crippen LogP contribution in [-0.2, 0) is 19.1 Å². The number of hydrogen-bond acceptors (Lipinski definition) is 6. The SMILES string of the molecule is Cc1nc(-c2cccc(NC(=O)COC(=O)C3CC4CCCC(C3)C4=O)c2)cs1. The van der Waals surface area contributed by atoms with E-state index in [4.69, 9.17) is 4.74 Å². The second-order valence-electron chi connectivity index (χ2n) is 7.88.